The summed E-state index contributed by atoms with van der Waals surface area (Å²) in [6.07, 6.45) is 27.5. The highest BCUT2D eigenvalue weighted by atomic mass is 16.6. The van der Waals surface area contributed by atoms with E-state index in [9.17, 15) is 24.0 Å². The normalized spacial score (nSPS) is 11.6. The van der Waals surface area contributed by atoms with Crippen LogP contribution in [0.25, 0.3) is 0 Å². The lowest BCUT2D eigenvalue weighted by molar-refractivity contribution is -0.144. The molecule has 0 bridgehead atoms. The van der Waals surface area contributed by atoms with Crippen molar-refractivity contribution in [2.24, 2.45) is 0 Å². The zero-order chi connectivity index (χ0) is 46.3. The zero-order valence-corrected chi connectivity index (χ0v) is 40.4. The number of unbranched alkanes of at least 4 members (excludes halogenated alkanes) is 21. The first-order valence-corrected chi connectivity index (χ1v) is 24.9. The second kappa shape index (κ2) is 46.8. The molecule has 0 aliphatic heterocycles. The molecule has 3 N–H and O–H groups in total. The fraction of sp³-hybridized carbons (Fsp3) is 0.896. The van der Waals surface area contributed by atoms with Crippen LogP contribution in [0, 0.1) is 0 Å². The SMILES string of the molecule is CCCCCCCCCCCCCC(=O)OCCN(CCNC(=O)C(CCCCNC(=O)OCCOC)NC(=O)OCCOC)CCOC(=O)CCCCCCCCCCCCC. The molecule has 0 saturated heterocycles. The van der Waals surface area contributed by atoms with E-state index in [-0.39, 0.29) is 57.4 Å². The topological polar surface area (TPSA) is 180 Å². The van der Waals surface area contributed by atoms with Crippen LogP contribution in [-0.4, -0.2) is 128 Å². The van der Waals surface area contributed by atoms with Gasteiger partial charge in [0.2, 0.25) is 5.91 Å². The highest BCUT2D eigenvalue weighted by Gasteiger charge is 2.21. The van der Waals surface area contributed by atoms with E-state index in [1.165, 1.54) is 117 Å². The van der Waals surface area contributed by atoms with E-state index >= 15 is 0 Å². The quantitative estimate of drug-likeness (QED) is 0.0300. The number of methoxy groups -OCH3 is 2. The number of ether oxygens (including phenoxy) is 6. The van der Waals surface area contributed by atoms with E-state index in [1.54, 1.807) is 0 Å². The van der Waals surface area contributed by atoms with Crippen LogP contribution in [0.3, 0.4) is 0 Å². The predicted molar refractivity (Wildman–Crippen MR) is 249 cm³/mol. The third kappa shape index (κ3) is 42.5. The average Bonchev–Trinajstić information content (AvgIpc) is 3.26. The van der Waals surface area contributed by atoms with Gasteiger partial charge in [-0.25, -0.2) is 9.59 Å². The number of hydrogen-bond acceptors (Lipinski definition) is 12. The molecule has 1 atom stereocenters. The number of esters is 2. The van der Waals surface area contributed by atoms with Crippen molar-refractivity contribution in [3.05, 3.63) is 0 Å². The Morgan fingerprint density at radius 2 is 0.857 bits per heavy atom. The molecule has 0 fully saturated rings. The summed E-state index contributed by atoms with van der Waals surface area (Å²) in [5, 5.41) is 8.20. The van der Waals surface area contributed by atoms with Crippen molar-refractivity contribution < 1.29 is 52.4 Å². The zero-order valence-electron chi connectivity index (χ0n) is 40.4. The second-order valence-corrected chi connectivity index (χ2v) is 16.5. The van der Waals surface area contributed by atoms with Crippen LogP contribution in [0.4, 0.5) is 9.59 Å². The molecular formula is C48H92N4O11. The van der Waals surface area contributed by atoms with Crippen LogP contribution >= 0.6 is 0 Å². The molecule has 0 aromatic carbocycles. The summed E-state index contributed by atoms with van der Waals surface area (Å²) in [5.41, 5.74) is 0. The van der Waals surface area contributed by atoms with Crippen LogP contribution in [0.15, 0.2) is 0 Å². The molecule has 15 heteroatoms. The molecular weight excluding hydrogens is 809 g/mol. The first-order valence-electron chi connectivity index (χ1n) is 24.9. The van der Waals surface area contributed by atoms with Crippen molar-refractivity contribution in [3.63, 3.8) is 0 Å². The van der Waals surface area contributed by atoms with Crippen molar-refractivity contribution >= 4 is 30.0 Å². The van der Waals surface area contributed by atoms with E-state index in [0.717, 1.165) is 38.5 Å². The minimum absolute atomic E-state index is 0.0362. The Morgan fingerprint density at radius 1 is 0.429 bits per heavy atom. The Morgan fingerprint density at radius 3 is 1.30 bits per heavy atom. The molecule has 0 radical (unpaired) electrons. The number of carbonyl (C=O) groups excluding carboxylic acids is 5. The molecule has 0 aromatic heterocycles. The van der Waals surface area contributed by atoms with E-state index in [1.807, 2.05) is 4.90 Å². The summed E-state index contributed by atoms with van der Waals surface area (Å²) >= 11 is 0. The molecule has 0 aliphatic rings. The van der Waals surface area contributed by atoms with Gasteiger partial charge in [-0.3, -0.25) is 19.3 Å². The number of rotatable bonds is 46. The number of nitrogens with zero attached hydrogens (tertiary/aromatic N) is 1. The minimum Gasteiger partial charge on any atom is -0.464 e. The standard InChI is InChI=1S/C48H92N4O11/c1-5-7-9-11-13-15-17-19-21-23-25-30-44(53)60-37-35-52(36-38-61-45(54)31-26-24-22-20-18-16-14-12-10-8-6-2)34-33-49-46(55)43(51-48(57)63-42-40-59-4)29-27-28-32-50-47(56)62-41-39-58-3/h43H,5-42H2,1-4H3,(H,49,55)(H,50,56)(H,51,57). The predicted octanol–water partition coefficient (Wildman–Crippen LogP) is 9.18. The Labute approximate surface area is 382 Å². The Hall–Kier alpha value is -3.17. The Balaban J connectivity index is 4.96. The summed E-state index contributed by atoms with van der Waals surface area (Å²) in [6, 6.07) is -0.879. The van der Waals surface area contributed by atoms with Gasteiger partial charge in [-0.15, -0.1) is 0 Å². The molecule has 0 spiro atoms. The lowest BCUT2D eigenvalue weighted by atomic mass is 10.1. The number of alkyl carbamates (subject to hydrolysis) is 2. The molecule has 1 unspecified atom stereocenters. The largest absolute Gasteiger partial charge is 0.464 e. The van der Waals surface area contributed by atoms with Gasteiger partial charge in [-0.1, -0.05) is 142 Å². The maximum absolute atomic E-state index is 13.3. The number of nitrogens with one attached hydrogen (secondary N) is 3. The van der Waals surface area contributed by atoms with E-state index in [0.29, 0.717) is 64.9 Å². The van der Waals surface area contributed by atoms with Crippen LogP contribution in [0.5, 0.6) is 0 Å². The van der Waals surface area contributed by atoms with Gasteiger partial charge in [-0.2, -0.15) is 0 Å². The van der Waals surface area contributed by atoms with Crippen molar-refractivity contribution in [2.75, 3.05) is 86.6 Å². The van der Waals surface area contributed by atoms with Gasteiger partial charge in [-0.05, 0) is 32.1 Å². The van der Waals surface area contributed by atoms with E-state index < -0.39 is 18.2 Å². The maximum Gasteiger partial charge on any atom is 0.407 e. The molecule has 0 saturated carbocycles. The second-order valence-electron chi connectivity index (χ2n) is 16.5. The minimum atomic E-state index is -0.879. The van der Waals surface area contributed by atoms with Crippen LogP contribution < -0.4 is 16.0 Å². The van der Waals surface area contributed by atoms with Gasteiger partial charge in [0, 0.05) is 59.8 Å². The van der Waals surface area contributed by atoms with Gasteiger partial charge < -0.3 is 44.4 Å². The number of hydrogen-bond donors (Lipinski definition) is 3. The maximum atomic E-state index is 13.3. The van der Waals surface area contributed by atoms with Crippen LogP contribution in [0.2, 0.25) is 0 Å². The molecule has 370 valence electrons. The first kappa shape index (κ1) is 59.8. The lowest BCUT2D eigenvalue weighted by Gasteiger charge is -2.23. The summed E-state index contributed by atoms with van der Waals surface area (Å²) in [7, 11) is 3.02. The smallest absolute Gasteiger partial charge is 0.407 e. The van der Waals surface area contributed by atoms with Gasteiger partial charge in [0.05, 0.1) is 13.2 Å². The van der Waals surface area contributed by atoms with E-state index in [2.05, 4.69) is 29.8 Å². The monoisotopic (exact) mass is 901 g/mol. The molecule has 0 rings (SSSR count). The number of carbonyl (C=O) groups is 5. The van der Waals surface area contributed by atoms with Gasteiger partial charge in [0.15, 0.2) is 0 Å². The molecule has 15 nitrogen and oxygen atoms in total. The summed E-state index contributed by atoms with van der Waals surface area (Å²) in [6.45, 7) is 7.33. The van der Waals surface area contributed by atoms with Crippen molar-refractivity contribution in [1.82, 2.24) is 20.9 Å². The Bertz CT molecular complexity index is 1060. The molecule has 3 amide bonds. The summed E-state index contributed by atoms with van der Waals surface area (Å²) < 4.78 is 31.1. The van der Waals surface area contributed by atoms with Crippen molar-refractivity contribution in [1.29, 1.82) is 0 Å². The van der Waals surface area contributed by atoms with Crippen LogP contribution in [0.1, 0.15) is 187 Å². The molecule has 63 heavy (non-hydrogen) atoms. The third-order valence-corrected chi connectivity index (χ3v) is 10.9. The van der Waals surface area contributed by atoms with Crippen LogP contribution in [-0.2, 0) is 42.8 Å². The van der Waals surface area contributed by atoms with Crippen molar-refractivity contribution in [3.8, 4) is 0 Å². The summed E-state index contributed by atoms with van der Waals surface area (Å²) in [4.78, 5) is 64.7. The fourth-order valence-corrected chi connectivity index (χ4v) is 6.99. The van der Waals surface area contributed by atoms with E-state index in [4.69, 9.17) is 28.4 Å². The number of amides is 3. The average molecular weight is 901 g/mol. The van der Waals surface area contributed by atoms with Crippen molar-refractivity contribution in [2.45, 2.75) is 193 Å². The fourth-order valence-electron chi connectivity index (χ4n) is 6.99. The highest BCUT2D eigenvalue weighted by molar-refractivity contribution is 5.85. The Kier molecular flexibility index (Phi) is 44.5. The molecule has 0 aromatic rings. The molecule has 0 heterocycles. The van der Waals surface area contributed by atoms with Gasteiger partial charge >= 0.3 is 24.1 Å². The summed E-state index contributed by atoms with van der Waals surface area (Å²) in [5.74, 6) is -0.827. The first-order chi connectivity index (χ1) is 30.8. The lowest BCUT2D eigenvalue weighted by Crippen LogP contribution is -2.49. The van der Waals surface area contributed by atoms with Gasteiger partial charge in [0.25, 0.3) is 0 Å². The highest BCUT2D eigenvalue weighted by Crippen LogP contribution is 2.14. The third-order valence-electron chi connectivity index (χ3n) is 10.9. The molecule has 0 aliphatic carbocycles. The van der Waals surface area contributed by atoms with Gasteiger partial charge in [0.1, 0.15) is 32.5 Å².